The molecule has 234 valence electrons. The molecular formula is C21H22F14O3S2. The van der Waals surface area contributed by atoms with Crippen LogP contribution in [0.2, 0.25) is 0 Å². The average molecular weight is 653 g/mol. The van der Waals surface area contributed by atoms with Gasteiger partial charge in [0.15, 0.2) is 0 Å². The van der Waals surface area contributed by atoms with Gasteiger partial charge in [-0.2, -0.15) is 69.9 Å². The molecule has 0 aliphatic rings. The first-order valence-electron chi connectivity index (χ1n) is 10.5. The Morgan fingerprint density at radius 3 is 1.32 bits per heavy atom. The van der Waals surface area contributed by atoms with Gasteiger partial charge in [-0.1, -0.05) is 53.7 Å². The van der Waals surface area contributed by atoms with Crippen molar-refractivity contribution in [3.63, 3.8) is 0 Å². The smallest absolute Gasteiger partial charge is 0.281 e. The maximum absolute atomic E-state index is 14.6. The number of rotatable bonds is 9. The van der Waals surface area contributed by atoms with E-state index in [-0.39, 0.29) is 5.56 Å². The number of benzene rings is 1. The molecule has 3 nitrogen and oxygen atoms in total. The Hall–Kier alpha value is -1.50. The highest BCUT2D eigenvalue weighted by Crippen LogP contribution is 2.64. The van der Waals surface area contributed by atoms with Crippen molar-refractivity contribution in [3.05, 3.63) is 29.3 Å². The molecule has 40 heavy (non-hydrogen) atoms. The Balaban J connectivity index is 3.78. The Morgan fingerprint density at radius 2 is 0.975 bits per heavy atom. The van der Waals surface area contributed by atoms with E-state index in [1.165, 1.54) is 26.8 Å². The average Bonchev–Trinajstić information content (AvgIpc) is 2.70. The predicted octanol–water partition coefficient (Wildman–Crippen LogP) is 8.62. The van der Waals surface area contributed by atoms with Crippen LogP contribution < -0.4 is 0 Å². The fourth-order valence-electron chi connectivity index (χ4n) is 2.99. The van der Waals surface area contributed by atoms with Gasteiger partial charge in [0.2, 0.25) is 0 Å². The summed E-state index contributed by atoms with van der Waals surface area (Å²) < 4.78 is 224. The summed E-state index contributed by atoms with van der Waals surface area (Å²) in [6.07, 6.45) is 0. The molecule has 0 aliphatic carbocycles. The summed E-state index contributed by atoms with van der Waals surface area (Å²) in [4.78, 5) is -0.945. The number of alkyl halides is 14. The van der Waals surface area contributed by atoms with Crippen molar-refractivity contribution in [1.29, 1.82) is 0 Å². The highest BCUT2D eigenvalue weighted by Gasteiger charge is 2.94. The van der Waals surface area contributed by atoms with E-state index in [1.807, 2.05) is 0 Å². The molecule has 0 fully saturated rings. The number of thioether (sulfide) groups is 1. The van der Waals surface area contributed by atoms with Crippen LogP contribution in [0.25, 0.3) is 0 Å². The van der Waals surface area contributed by atoms with Crippen LogP contribution in [0.5, 0.6) is 0 Å². The van der Waals surface area contributed by atoms with Crippen molar-refractivity contribution in [2.45, 2.75) is 97.4 Å². The third kappa shape index (κ3) is 5.49. The molecule has 1 rings (SSSR count). The van der Waals surface area contributed by atoms with E-state index in [1.54, 1.807) is 20.8 Å². The molecule has 0 radical (unpaired) electrons. The van der Waals surface area contributed by atoms with Crippen LogP contribution in [0.15, 0.2) is 23.1 Å². The maximum Gasteiger partial charge on any atom is 0.438 e. The molecule has 1 N–H and O–H groups in total. The van der Waals surface area contributed by atoms with E-state index in [2.05, 4.69) is 0 Å². The zero-order valence-corrected chi connectivity index (χ0v) is 22.7. The fraction of sp³-hybridized carbons (Fsp3) is 0.714. The first-order valence-corrected chi connectivity index (χ1v) is 12.8. The first kappa shape index (κ1) is 36.5. The molecule has 0 unspecified atom stereocenters. The summed E-state index contributed by atoms with van der Waals surface area (Å²) in [6.45, 7) is 8.93. The Bertz CT molecular complexity index is 1210. The zero-order valence-electron chi connectivity index (χ0n) is 21.1. The second-order valence-electron chi connectivity index (χ2n) is 10.7. The van der Waals surface area contributed by atoms with Crippen molar-refractivity contribution in [1.82, 2.24) is 0 Å². The molecule has 0 amide bonds. The van der Waals surface area contributed by atoms with Crippen molar-refractivity contribution in [3.8, 4) is 0 Å². The lowest BCUT2D eigenvalue weighted by Crippen LogP contribution is -2.73. The topological polar surface area (TPSA) is 54.4 Å². The van der Waals surface area contributed by atoms with E-state index in [4.69, 9.17) is 4.55 Å². The lowest BCUT2D eigenvalue weighted by molar-refractivity contribution is -0.428. The predicted molar refractivity (Wildman–Crippen MR) is 116 cm³/mol. The third-order valence-corrected chi connectivity index (χ3v) is 7.52. The van der Waals surface area contributed by atoms with Crippen molar-refractivity contribution >= 4 is 21.9 Å². The van der Waals surface area contributed by atoms with Crippen LogP contribution in [0.1, 0.15) is 52.7 Å². The standard InChI is InChI=1S/C21H22F14O3S2/c1-13(2,3)10-7-8-12(11(9-10)14(4,5)6)39-20(32,33)18(28,29)16(24,25)15(22,23)17(26,27)19(30,31)21(34,35)40(36,37)38/h7-9H,1-6H3,(H,36,37,38). The van der Waals surface area contributed by atoms with Crippen molar-refractivity contribution in [2.75, 3.05) is 0 Å². The largest absolute Gasteiger partial charge is 0.438 e. The quantitative estimate of drug-likeness (QED) is 0.165. The van der Waals surface area contributed by atoms with Gasteiger partial charge in [0.25, 0.3) is 0 Å². The molecule has 0 saturated carbocycles. The summed E-state index contributed by atoms with van der Waals surface area (Å²) in [5.74, 6) is -41.0. The molecule has 1 aromatic rings. The molecule has 0 heterocycles. The summed E-state index contributed by atoms with van der Waals surface area (Å²) in [5, 5.41) is -14.2. The zero-order chi connectivity index (χ0) is 32.6. The van der Waals surface area contributed by atoms with Crippen LogP contribution >= 0.6 is 11.8 Å². The van der Waals surface area contributed by atoms with Crippen LogP contribution in [-0.4, -0.2) is 53.1 Å². The second-order valence-corrected chi connectivity index (χ2v) is 13.3. The van der Waals surface area contributed by atoms with Crippen LogP contribution in [-0.2, 0) is 20.9 Å². The number of hydrogen-bond donors (Lipinski definition) is 1. The Kier molecular flexibility index (Phi) is 8.92. The Labute approximate surface area is 223 Å². The van der Waals surface area contributed by atoms with Crippen LogP contribution in [0.3, 0.4) is 0 Å². The highest BCUT2D eigenvalue weighted by molar-refractivity contribution is 8.00. The van der Waals surface area contributed by atoms with E-state index in [0.717, 1.165) is 6.07 Å². The minimum absolute atomic E-state index is 0.236. The van der Waals surface area contributed by atoms with Crippen molar-refractivity contribution in [2.24, 2.45) is 0 Å². The molecule has 0 spiro atoms. The number of halogens is 14. The molecule has 0 aromatic heterocycles. The first-order chi connectivity index (χ1) is 17.1. The van der Waals surface area contributed by atoms with Gasteiger partial charge < -0.3 is 0 Å². The van der Waals surface area contributed by atoms with Gasteiger partial charge in [-0.05, 0) is 39.8 Å². The molecule has 0 atom stereocenters. The van der Waals surface area contributed by atoms with Crippen LogP contribution in [0.4, 0.5) is 61.5 Å². The molecule has 19 heteroatoms. The minimum atomic E-state index is -8.46. The van der Waals surface area contributed by atoms with Gasteiger partial charge in [0, 0.05) is 4.90 Å². The maximum atomic E-state index is 14.6. The lowest BCUT2D eigenvalue weighted by Gasteiger charge is -2.42. The lowest BCUT2D eigenvalue weighted by atomic mass is 9.81. The van der Waals surface area contributed by atoms with Gasteiger partial charge in [-0.25, -0.2) is 0 Å². The molecule has 0 bridgehead atoms. The normalized spacial score (nSPS) is 15.9. The van der Waals surface area contributed by atoms with Crippen LogP contribution in [0, 0.1) is 0 Å². The number of hydrogen-bond acceptors (Lipinski definition) is 3. The summed E-state index contributed by atoms with van der Waals surface area (Å²) >= 11 is -1.52. The van der Waals surface area contributed by atoms with Gasteiger partial charge in [-0.3, -0.25) is 4.55 Å². The van der Waals surface area contributed by atoms with Gasteiger partial charge in [0.1, 0.15) is 0 Å². The molecule has 1 aromatic carbocycles. The SMILES string of the molecule is CC(C)(C)c1ccc(SC(F)(F)C(F)(F)C(F)(F)C(F)(F)C(F)(F)C(F)(F)C(F)(F)S(=O)(=O)O)c(C(C)(C)C)c1. The van der Waals surface area contributed by atoms with E-state index in [9.17, 15) is 69.9 Å². The second kappa shape index (κ2) is 9.77. The Morgan fingerprint density at radius 1 is 0.600 bits per heavy atom. The van der Waals surface area contributed by atoms with E-state index < -0.39 is 77.7 Å². The van der Waals surface area contributed by atoms with Crippen molar-refractivity contribution < 1.29 is 74.4 Å². The van der Waals surface area contributed by atoms with E-state index in [0.29, 0.717) is 11.6 Å². The van der Waals surface area contributed by atoms with E-state index >= 15 is 0 Å². The highest BCUT2D eigenvalue weighted by atomic mass is 32.2. The molecule has 0 saturated heterocycles. The summed E-state index contributed by atoms with van der Waals surface area (Å²) in [6, 6.07) is 2.97. The summed E-state index contributed by atoms with van der Waals surface area (Å²) in [5.41, 5.74) is -1.74. The molecular weight excluding hydrogens is 630 g/mol. The van der Waals surface area contributed by atoms with Gasteiger partial charge in [-0.15, -0.1) is 0 Å². The van der Waals surface area contributed by atoms with Gasteiger partial charge in [0.05, 0.1) is 0 Å². The monoisotopic (exact) mass is 652 g/mol. The minimum Gasteiger partial charge on any atom is -0.281 e. The molecule has 0 aliphatic heterocycles. The summed E-state index contributed by atoms with van der Waals surface area (Å²) in [7, 11) is -7.77. The van der Waals surface area contributed by atoms with Gasteiger partial charge >= 0.3 is 50.2 Å². The third-order valence-electron chi connectivity index (χ3n) is 5.52. The fourth-order valence-corrected chi connectivity index (χ4v) is 4.59.